The standard InChI is InChI=1S/C26H44Br2O10S3.C2H6/c1-25(2,3)17-35-40(29,30)13-9-7-11-33-15-19-20(38-22-21(37-19)23(27)39-24(22)28)16-34-12-8-10-14-41(31,32)36-18-26(4,5)6;1-2/h19-20H,7-18H2,1-6H3;1-2H3. The van der Waals surface area contributed by atoms with Crippen molar-refractivity contribution in [3.63, 3.8) is 0 Å². The first-order valence-corrected chi connectivity index (χ1v) is 20.1. The maximum Gasteiger partial charge on any atom is 0.267 e. The van der Waals surface area contributed by atoms with Gasteiger partial charge in [0.25, 0.3) is 20.2 Å². The summed E-state index contributed by atoms with van der Waals surface area (Å²) in [5, 5.41) is 0. The Morgan fingerprint density at radius 2 is 1.02 bits per heavy atom. The molecule has 1 aromatic rings. The Hall–Kier alpha value is -0.000000000000000187. The molecule has 15 heteroatoms. The van der Waals surface area contributed by atoms with Crippen LogP contribution >= 0.6 is 43.2 Å². The third-order valence-corrected chi connectivity index (χ3v) is 10.4. The summed E-state index contributed by atoms with van der Waals surface area (Å²) in [5.74, 6) is 1.06. The lowest BCUT2D eigenvalue weighted by atomic mass is 9.99. The van der Waals surface area contributed by atoms with E-state index in [9.17, 15) is 16.8 Å². The number of halogens is 2. The zero-order chi connectivity index (χ0) is 32.9. The summed E-state index contributed by atoms with van der Waals surface area (Å²) in [5.41, 5.74) is -0.458. The highest BCUT2D eigenvalue weighted by Crippen LogP contribution is 2.51. The van der Waals surface area contributed by atoms with E-state index in [4.69, 9.17) is 27.3 Å². The number of fused-ring (bicyclic) bond motifs is 1. The molecule has 2 unspecified atom stereocenters. The van der Waals surface area contributed by atoms with Crippen LogP contribution in [0, 0.1) is 10.8 Å². The predicted molar refractivity (Wildman–Crippen MR) is 178 cm³/mol. The molecule has 0 amide bonds. The molecule has 0 saturated heterocycles. The Bertz CT molecular complexity index is 1070. The second-order valence-electron chi connectivity index (χ2n) is 12.4. The molecule has 0 fully saturated rings. The van der Waals surface area contributed by atoms with E-state index in [-0.39, 0.29) is 48.8 Å². The summed E-state index contributed by atoms with van der Waals surface area (Å²) in [7, 11) is -7.13. The minimum absolute atomic E-state index is 0.0603. The fraction of sp³-hybridized carbons (Fsp3) is 0.857. The molecule has 2 atom stereocenters. The monoisotopic (exact) mass is 800 g/mol. The van der Waals surface area contributed by atoms with Crippen molar-refractivity contribution >= 4 is 63.4 Å². The van der Waals surface area contributed by atoms with Crippen molar-refractivity contribution in [2.45, 2.75) is 93.3 Å². The van der Waals surface area contributed by atoms with Crippen LogP contribution in [0.5, 0.6) is 11.5 Å². The summed E-state index contributed by atoms with van der Waals surface area (Å²) in [6, 6.07) is 0. The van der Waals surface area contributed by atoms with E-state index in [2.05, 4.69) is 31.9 Å². The minimum atomic E-state index is -3.57. The molecule has 0 N–H and O–H groups in total. The highest BCUT2D eigenvalue weighted by Gasteiger charge is 2.36. The van der Waals surface area contributed by atoms with Gasteiger partial charge in [0.05, 0.1) is 37.9 Å². The second kappa shape index (κ2) is 19.0. The van der Waals surface area contributed by atoms with Gasteiger partial charge in [-0.3, -0.25) is 8.37 Å². The third kappa shape index (κ3) is 17.5. The molecule has 0 aliphatic carbocycles. The van der Waals surface area contributed by atoms with E-state index >= 15 is 0 Å². The van der Waals surface area contributed by atoms with Gasteiger partial charge in [-0.2, -0.15) is 16.8 Å². The largest absolute Gasteiger partial charge is 0.478 e. The van der Waals surface area contributed by atoms with Gasteiger partial charge in [0.2, 0.25) is 0 Å². The smallest absolute Gasteiger partial charge is 0.267 e. The number of thiophene rings is 1. The van der Waals surface area contributed by atoms with E-state index in [1.54, 1.807) is 0 Å². The van der Waals surface area contributed by atoms with Crippen LogP contribution in [0.3, 0.4) is 0 Å². The van der Waals surface area contributed by atoms with E-state index < -0.39 is 32.4 Å². The summed E-state index contributed by atoms with van der Waals surface area (Å²) in [6.45, 7) is 17.0. The van der Waals surface area contributed by atoms with Gasteiger partial charge in [-0.25, -0.2) is 0 Å². The number of ether oxygens (including phenoxy) is 4. The van der Waals surface area contributed by atoms with Crippen LogP contribution in [-0.2, 0) is 38.1 Å². The lowest BCUT2D eigenvalue weighted by molar-refractivity contribution is -0.0667. The topological polar surface area (TPSA) is 124 Å². The quantitative estimate of drug-likeness (QED) is 0.111. The Morgan fingerprint density at radius 1 is 0.674 bits per heavy atom. The van der Waals surface area contributed by atoms with Crippen molar-refractivity contribution in [3.05, 3.63) is 7.57 Å². The third-order valence-electron chi connectivity index (χ3n) is 5.47. The van der Waals surface area contributed by atoms with E-state index in [1.165, 1.54) is 11.3 Å². The highest BCUT2D eigenvalue weighted by molar-refractivity contribution is 9.12. The summed E-state index contributed by atoms with van der Waals surface area (Å²) in [4.78, 5) is 0. The maximum atomic E-state index is 12.1. The normalized spacial score (nSPS) is 17.4. The van der Waals surface area contributed by atoms with E-state index in [0.29, 0.717) is 50.4 Å². The fourth-order valence-electron chi connectivity index (χ4n) is 3.30. The molecular formula is C28H50Br2O10S3. The Kier molecular flexibility index (Phi) is 18.1. The summed E-state index contributed by atoms with van der Waals surface area (Å²) < 4.78 is 84.1. The van der Waals surface area contributed by atoms with Crippen LogP contribution in [-0.4, -0.2) is 80.2 Å². The first-order valence-electron chi connectivity index (χ1n) is 14.6. The SMILES string of the molecule is CC.CC(C)(C)COS(=O)(=O)CCCCOCC1Oc2c(Br)sc(Br)c2OC1COCCCCS(=O)(=O)OCC(C)(C)C. The molecule has 1 aliphatic heterocycles. The zero-order valence-electron chi connectivity index (χ0n) is 26.7. The maximum absolute atomic E-state index is 12.1. The minimum Gasteiger partial charge on any atom is -0.478 e. The Labute approximate surface area is 280 Å². The van der Waals surface area contributed by atoms with Crippen molar-refractivity contribution < 1.29 is 44.1 Å². The second-order valence-corrected chi connectivity index (χ2v) is 19.5. The molecule has 2 rings (SSSR count). The molecule has 0 spiro atoms. The van der Waals surface area contributed by atoms with Crippen molar-refractivity contribution in [1.29, 1.82) is 0 Å². The molecule has 2 heterocycles. The van der Waals surface area contributed by atoms with Gasteiger partial charge in [-0.15, -0.1) is 11.3 Å². The molecule has 254 valence electrons. The average Bonchev–Trinajstić information content (AvgIpc) is 3.18. The molecule has 0 radical (unpaired) electrons. The average molecular weight is 803 g/mol. The van der Waals surface area contributed by atoms with Crippen LogP contribution in [0.2, 0.25) is 0 Å². The number of hydrogen-bond acceptors (Lipinski definition) is 11. The molecule has 43 heavy (non-hydrogen) atoms. The zero-order valence-corrected chi connectivity index (χ0v) is 32.3. The number of rotatable bonds is 18. The Balaban J connectivity index is 0.00000452. The lowest BCUT2D eigenvalue weighted by Gasteiger charge is -2.32. The lowest BCUT2D eigenvalue weighted by Crippen LogP contribution is -2.45. The first-order chi connectivity index (χ1) is 19.9. The fourth-order valence-corrected chi connectivity index (χ4v) is 8.51. The number of unbranched alkanes of at least 4 members (excludes halogenated alkanes) is 2. The molecule has 10 nitrogen and oxygen atoms in total. The Morgan fingerprint density at radius 3 is 1.35 bits per heavy atom. The van der Waals surface area contributed by atoms with Gasteiger partial charge in [0.1, 0.15) is 7.57 Å². The molecule has 0 saturated carbocycles. The summed E-state index contributed by atoms with van der Waals surface area (Å²) in [6.07, 6.45) is 1.04. The molecule has 0 aromatic carbocycles. The van der Waals surface area contributed by atoms with Gasteiger partial charge in [0.15, 0.2) is 23.7 Å². The molecule has 1 aromatic heterocycles. The van der Waals surface area contributed by atoms with Crippen LogP contribution < -0.4 is 9.47 Å². The predicted octanol–water partition coefficient (Wildman–Crippen LogP) is 7.19. The van der Waals surface area contributed by atoms with E-state index in [1.807, 2.05) is 55.4 Å². The molecular weight excluding hydrogens is 752 g/mol. The summed E-state index contributed by atoms with van der Waals surface area (Å²) >= 11 is 8.43. The van der Waals surface area contributed by atoms with Crippen LogP contribution in [0.1, 0.15) is 81.1 Å². The van der Waals surface area contributed by atoms with Crippen LogP contribution in [0.4, 0.5) is 0 Å². The first kappa shape index (κ1) is 41.0. The number of hydrogen-bond donors (Lipinski definition) is 0. The van der Waals surface area contributed by atoms with Gasteiger partial charge in [0, 0.05) is 13.2 Å². The molecule has 0 bridgehead atoms. The van der Waals surface area contributed by atoms with Crippen molar-refractivity contribution in [3.8, 4) is 11.5 Å². The van der Waals surface area contributed by atoms with Crippen molar-refractivity contribution in [1.82, 2.24) is 0 Å². The van der Waals surface area contributed by atoms with Gasteiger partial charge in [-0.05, 0) is 68.4 Å². The highest BCUT2D eigenvalue weighted by atomic mass is 79.9. The van der Waals surface area contributed by atoms with Crippen LogP contribution in [0.25, 0.3) is 0 Å². The van der Waals surface area contributed by atoms with Crippen molar-refractivity contribution in [2.24, 2.45) is 10.8 Å². The molecule has 1 aliphatic rings. The van der Waals surface area contributed by atoms with Gasteiger partial charge >= 0.3 is 0 Å². The van der Waals surface area contributed by atoms with E-state index in [0.717, 1.165) is 7.57 Å². The van der Waals surface area contributed by atoms with Gasteiger partial charge < -0.3 is 18.9 Å². The van der Waals surface area contributed by atoms with Crippen LogP contribution in [0.15, 0.2) is 7.57 Å². The van der Waals surface area contributed by atoms with Gasteiger partial charge in [-0.1, -0.05) is 55.4 Å². The van der Waals surface area contributed by atoms with Crippen molar-refractivity contribution in [2.75, 3.05) is 51.1 Å².